The number of aromatic hydroxyl groups is 1. The Hall–Kier alpha value is -3.29. The molecule has 0 aliphatic rings. The number of ether oxygens (including phenoxy) is 1. The molecule has 2 N–H and O–H groups in total. The van der Waals surface area contributed by atoms with Gasteiger partial charge in [-0.15, -0.1) is 10.2 Å². The van der Waals surface area contributed by atoms with Crippen molar-refractivity contribution in [3.63, 3.8) is 0 Å². The maximum absolute atomic E-state index is 13.2. The molecule has 0 unspecified atom stereocenters. The summed E-state index contributed by atoms with van der Waals surface area (Å²) >= 11 is 0. The van der Waals surface area contributed by atoms with Gasteiger partial charge < -0.3 is 9.84 Å². The lowest BCUT2D eigenvalue weighted by atomic mass is 10.2. The van der Waals surface area contributed by atoms with E-state index in [1.165, 1.54) is 18.3 Å². The normalized spacial score (nSPS) is 10.4. The molecule has 0 saturated heterocycles. The predicted molar refractivity (Wildman–Crippen MR) is 75.0 cm³/mol. The van der Waals surface area contributed by atoms with Gasteiger partial charge in [-0.2, -0.15) is 0 Å². The lowest BCUT2D eigenvalue weighted by molar-refractivity contribution is 0.210. The zero-order valence-corrected chi connectivity index (χ0v) is 11.0. The molecule has 0 saturated carbocycles. The standard InChI is InChI=1S/C14H9FN4O3/c15-8-4-5-10-9(7-8)12(20)13(19-18-10)22-14(21)17-11-3-1-2-6-16-11/h1-7H,(H,18,20)(H,16,17,21). The summed E-state index contributed by atoms with van der Waals surface area (Å²) in [5.74, 6) is -1.18. The number of anilines is 1. The second-order valence-corrected chi connectivity index (χ2v) is 4.24. The Morgan fingerprint density at radius 1 is 1.23 bits per heavy atom. The number of amides is 1. The highest BCUT2D eigenvalue weighted by Gasteiger charge is 2.15. The third-order valence-corrected chi connectivity index (χ3v) is 2.75. The number of nitrogens with zero attached hydrogens (tertiary/aromatic N) is 3. The average molecular weight is 300 g/mol. The zero-order chi connectivity index (χ0) is 15.5. The summed E-state index contributed by atoms with van der Waals surface area (Å²) in [6, 6.07) is 8.54. The quantitative estimate of drug-likeness (QED) is 0.754. The summed E-state index contributed by atoms with van der Waals surface area (Å²) in [6.07, 6.45) is 0.588. The molecule has 22 heavy (non-hydrogen) atoms. The van der Waals surface area contributed by atoms with Crippen molar-refractivity contribution in [1.82, 2.24) is 15.2 Å². The molecule has 2 heterocycles. The van der Waals surface area contributed by atoms with E-state index in [1.54, 1.807) is 18.2 Å². The van der Waals surface area contributed by atoms with Gasteiger partial charge in [0.1, 0.15) is 11.6 Å². The predicted octanol–water partition coefficient (Wildman–Crippen LogP) is 2.48. The molecule has 0 bridgehead atoms. The third kappa shape index (κ3) is 2.75. The molecule has 0 atom stereocenters. The largest absolute Gasteiger partial charge is 0.503 e. The molecule has 3 rings (SSSR count). The number of fused-ring (bicyclic) bond motifs is 1. The van der Waals surface area contributed by atoms with Crippen molar-refractivity contribution in [2.45, 2.75) is 0 Å². The van der Waals surface area contributed by atoms with Crippen molar-refractivity contribution in [2.24, 2.45) is 0 Å². The van der Waals surface area contributed by atoms with Crippen LogP contribution in [0.4, 0.5) is 15.0 Å². The second kappa shape index (κ2) is 5.60. The maximum atomic E-state index is 13.2. The summed E-state index contributed by atoms with van der Waals surface area (Å²) in [6.45, 7) is 0. The van der Waals surface area contributed by atoms with E-state index in [1.807, 2.05) is 0 Å². The van der Waals surface area contributed by atoms with Crippen LogP contribution in [0.1, 0.15) is 0 Å². The van der Waals surface area contributed by atoms with Gasteiger partial charge in [-0.1, -0.05) is 6.07 Å². The Morgan fingerprint density at radius 3 is 2.86 bits per heavy atom. The van der Waals surface area contributed by atoms with E-state index in [0.717, 1.165) is 6.07 Å². The van der Waals surface area contributed by atoms with Crippen molar-refractivity contribution < 1.29 is 19.0 Å². The number of carbonyl (C=O) groups excluding carboxylic acids is 1. The summed E-state index contributed by atoms with van der Waals surface area (Å²) < 4.78 is 18.1. The number of benzene rings is 1. The summed E-state index contributed by atoms with van der Waals surface area (Å²) in [7, 11) is 0. The summed E-state index contributed by atoms with van der Waals surface area (Å²) in [4.78, 5) is 15.6. The fourth-order valence-electron chi connectivity index (χ4n) is 1.77. The van der Waals surface area contributed by atoms with Gasteiger partial charge in [-0.3, -0.25) is 5.32 Å². The van der Waals surface area contributed by atoms with Crippen LogP contribution in [0.5, 0.6) is 11.6 Å². The van der Waals surface area contributed by atoms with Crippen molar-refractivity contribution in [3.8, 4) is 11.6 Å². The number of pyridine rings is 1. The fourth-order valence-corrected chi connectivity index (χ4v) is 1.77. The molecule has 0 spiro atoms. The molecule has 8 heteroatoms. The topological polar surface area (TPSA) is 97.2 Å². The number of carbonyl (C=O) groups is 1. The molecule has 0 aliphatic heterocycles. The van der Waals surface area contributed by atoms with Crippen LogP contribution in [0.15, 0.2) is 42.6 Å². The van der Waals surface area contributed by atoms with E-state index >= 15 is 0 Å². The first kappa shape index (κ1) is 13.7. The number of rotatable bonds is 2. The lowest BCUT2D eigenvalue weighted by Gasteiger charge is -2.07. The molecular formula is C14H9FN4O3. The molecule has 0 aliphatic carbocycles. The van der Waals surface area contributed by atoms with Crippen LogP contribution in [0.3, 0.4) is 0 Å². The molecule has 7 nitrogen and oxygen atoms in total. The molecule has 0 radical (unpaired) electrons. The van der Waals surface area contributed by atoms with E-state index in [4.69, 9.17) is 4.74 Å². The minimum absolute atomic E-state index is 0.0932. The first-order valence-corrected chi connectivity index (χ1v) is 6.18. The van der Waals surface area contributed by atoms with Gasteiger partial charge in [0.2, 0.25) is 0 Å². The number of hydrogen-bond donors (Lipinski definition) is 2. The highest BCUT2D eigenvalue weighted by Crippen LogP contribution is 2.31. The average Bonchev–Trinajstić information content (AvgIpc) is 2.51. The highest BCUT2D eigenvalue weighted by atomic mass is 19.1. The molecule has 0 fully saturated rings. The lowest BCUT2D eigenvalue weighted by Crippen LogP contribution is -2.18. The Morgan fingerprint density at radius 2 is 2.09 bits per heavy atom. The van der Waals surface area contributed by atoms with Crippen molar-refractivity contribution in [1.29, 1.82) is 0 Å². The number of hydrogen-bond acceptors (Lipinski definition) is 6. The third-order valence-electron chi connectivity index (χ3n) is 2.75. The van der Waals surface area contributed by atoms with Crippen LogP contribution in [-0.2, 0) is 0 Å². The first-order valence-electron chi connectivity index (χ1n) is 6.18. The van der Waals surface area contributed by atoms with Gasteiger partial charge in [0.05, 0.1) is 10.9 Å². The van der Waals surface area contributed by atoms with Gasteiger partial charge in [0, 0.05) is 6.20 Å². The number of halogens is 1. The molecule has 1 amide bonds. The summed E-state index contributed by atoms with van der Waals surface area (Å²) in [5.41, 5.74) is 0.274. The second-order valence-electron chi connectivity index (χ2n) is 4.24. The Labute approximate surface area is 123 Å². The van der Waals surface area contributed by atoms with Crippen LogP contribution < -0.4 is 10.1 Å². The smallest absolute Gasteiger partial charge is 0.419 e. The molecule has 1 aromatic carbocycles. The van der Waals surface area contributed by atoms with E-state index in [0.29, 0.717) is 0 Å². The van der Waals surface area contributed by atoms with E-state index in [2.05, 4.69) is 20.5 Å². The van der Waals surface area contributed by atoms with Crippen LogP contribution in [0, 0.1) is 5.82 Å². The first-order chi connectivity index (χ1) is 10.6. The molecule has 3 aromatic rings. The van der Waals surface area contributed by atoms with Gasteiger partial charge in [0.15, 0.2) is 5.75 Å². The van der Waals surface area contributed by atoms with E-state index in [-0.39, 0.29) is 16.7 Å². The maximum Gasteiger partial charge on any atom is 0.419 e. The van der Waals surface area contributed by atoms with Gasteiger partial charge in [-0.25, -0.2) is 14.2 Å². The number of aromatic nitrogens is 3. The van der Waals surface area contributed by atoms with Crippen LogP contribution in [0.25, 0.3) is 10.9 Å². The SMILES string of the molecule is O=C(Nc1ccccn1)Oc1nnc2ccc(F)cc2c1O. The van der Waals surface area contributed by atoms with Crippen molar-refractivity contribution in [3.05, 3.63) is 48.4 Å². The monoisotopic (exact) mass is 300 g/mol. The van der Waals surface area contributed by atoms with Gasteiger partial charge in [0.25, 0.3) is 5.88 Å². The minimum atomic E-state index is -0.904. The van der Waals surface area contributed by atoms with E-state index < -0.39 is 23.5 Å². The van der Waals surface area contributed by atoms with Crippen molar-refractivity contribution >= 4 is 22.8 Å². The van der Waals surface area contributed by atoms with Crippen LogP contribution >= 0.6 is 0 Å². The zero-order valence-electron chi connectivity index (χ0n) is 11.0. The fraction of sp³-hybridized carbons (Fsp3) is 0. The minimum Gasteiger partial charge on any atom is -0.503 e. The highest BCUT2D eigenvalue weighted by molar-refractivity contribution is 5.89. The van der Waals surface area contributed by atoms with Crippen molar-refractivity contribution in [2.75, 3.05) is 5.32 Å². The Bertz CT molecular complexity index is 842. The Balaban J connectivity index is 1.84. The number of nitrogens with one attached hydrogen (secondary N) is 1. The Kier molecular flexibility index (Phi) is 3.48. The molecule has 2 aromatic heterocycles. The molecular weight excluding hydrogens is 291 g/mol. The van der Waals surface area contributed by atoms with Crippen LogP contribution in [-0.4, -0.2) is 26.4 Å². The van der Waals surface area contributed by atoms with Gasteiger partial charge >= 0.3 is 6.09 Å². The summed E-state index contributed by atoms with van der Waals surface area (Å²) in [5, 5.41) is 19.8. The van der Waals surface area contributed by atoms with Gasteiger partial charge in [-0.05, 0) is 30.3 Å². The van der Waals surface area contributed by atoms with Crippen LogP contribution in [0.2, 0.25) is 0 Å². The molecule has 110 valence electrons. The van der Waals surface area contributed by atoms with E-state index in [9.17, 15) is 14.3 Å².